The average molecular weight is 349 g/mol. The summed E-state index contributed by atoms with van der Waals surface area (Å²) >= 11 is 1.44. The third-order valence-corrected chi connectivity index (χ3v) is 4.48. The summed E-state index contributed by atoms with van der Waals surface area (Å²) in [5, 5.41) is 18.6. The first-order valence-corrected chi connectivity index (χ1v) is 8.15. The minimum atomic E-state index is -0.542. The van der Waals surface area contributed by atoms with Gasteiger partial charge in [0, 0.05) is 28.6 Å². The van der Waals surface area contributed by atoms with Gasteiger partial charge in [0.05, 0.1) is 19.8 Å². The van der Waals surface area contributed by atoms with E-state index in [1.165, 1.54) is 28.0 Å². The van der Waals surface area contributed by atoms with Gasteiger partial charge in [0.25, 0.3) is 5.56 Å². The maximum Gasteiger partial charge on any atom is 0.265 e. The van der Waals surface area contributed by atoms with Crippen LogP contribution in [0.2, 0.25) is 0 Å². The molecule has 6 nitrogen and oxygen atoms in total. The number of aliphatic hydroxyl groups excluding tert-OH is 1. The normalized spacial score (nSPS) is 11.3. The highest BCUT2D eigenvalue weighted by atomic mass is 32.1. The topological polar surface area (TPSA) is 88.8 Å². The molecule has 0 aromatic carbocycles. The summed E-state index contributed by atoms with van der Waals surface area (Å²) in [6, 6.07) is 5.10. The average Bonchev–Trinajstić information content (AvgIpc) is 2.99. The van der Waals surface area contributed by atoms with Crippen molar-refractivity contribution in [3.63, 3.8) is 0 Å². The summed E-state index contributed by atoms with van der Waals surface area (Å²) in [5.41, 5.74) is -0.183. The molecule has 0 aliphatic heterocycles. The number of aliphatic hydroxyl groups is 1. The Hall–Kier alpha value is -2.22. The number of aromatic hydroxyl groups is 1. The fourth-order valence-electron chi connectivity index (χ4n) is 2.08. The molecule has 0 aliphatic rings. The third-order valence-electron chi connectivity index (χ3n) is 3.46. The van der Waals surface area contributed by atoms with Gasteiger partial charge < -0.3 is 19.5 Å². The number of pyridine rings is 1. The van der Waals surface area contributed by atoms with Crippen molar-refractivity contribution in [2.45, 2.75) is 13.5 Å². The van der Waals surface area contributed by atoms with E-state index in [2.05, 4.69) is 0 Å². The molecule has 0 bridgehead atoms. The van der Waals surface area contributed by atoms with E-state index in [0.717, 1.165) is 9.75 Å². The molecule has 0 saturated heterocycles. The number of allylic oxidation sites excluding steroid dienone is 1. The molecule has 0 amide bonds. The Kier molecular flexibility index (Phi) is 6.08. The van der Waals surface area contributed by atoms with Crippen molar-refractivity contribution in [2.24, 2.45) is 7.05 Å². The van der Waals surface area contributed by atoms with Crippen LogP contribution >= 0.6 is 11.3 Å². The Labute approximate surface area is 143 Å². The lowest BCUT2D eigenvalue weighted by Crippen LogP contribution is -2.25. The number of hydrogen-bond donors (Lipinski definition) is 2. The molecule has 0 aliphatic carbocycles. The lowest BCUT2D eigenvalue weighted by molar-refractivity contribution is 0.0831. The number of rotatable bonds is 7. The van der Waals surface area contributed by atoms with E-state index in [-0.39, 0.29) is 24.5 Å². The number of carbonyl (C=O) groups excluding carboxylic acids is 1. The van der Waals surface area contributed by atoms with Gasteiger partial charge in [-0.3, -0.25) is 9.59 Å². The molecule has 2 heterocycles. The number of nitrogens with zero attached hydrogens (tertiary/aromatic N) is 1. The zero-order valence-corrected chi connectivity index (χ0v) is 14.3. The number of aryl methyl sites for hydroxylation is 1. The molecule has 2 aromatic heterocycles. The SMILES string of the molecule is Cc1cc(O)c(C(=O)/C=C/c2ccc(COCCO)s2)c(=O)n1C. The molecule has 2 rings (SSSR count). The van der Waals surface area contributed by atoms with Crippen LogP contribution in [0.25, 0.3) is 6.08 Å². The van der Waals surface area contributed by atoms with Gasteiger partial charge in [-0.1, -0.05) is 0 Å². The molecule has 24 heavy (non-hydrogen) atoms. The second kappa shape index (κ2) is 8.05. The maximum atomic E-state index is 12.2. The van der Waals surface area contributed by atoms with E-state index in [4.69, 9.17) is 9.84 Å². The van der Waals surface area contributed by atoms with Crippen LogP contribution < -0.4 is 5.56 Å². The summed E-state index contributed by atoms with van der Waals surface area (Å²) < 4.78 is 6.55. The Morgan fingerprint density at radius 2 is 2.17 bits per heavy atom. The van der Waals surface area contributed by atoms with Gasteiger partial charge in [-0.15, -0.1) is 11.3 Å². The summed E-state index contributed by atoms with van der Waals surface area (Å²) in [6.45, 7) is 2.32. The van der Waals surface area contributed by atoms with E-state index in [1.54, 1.807) is 20.0 Å². The van der Waals surface area contributed by atoms with E-state index >= 15 is 0 Å². The molecule has 0 atom stereocenters. The number of thiophene rings is 1. The molecule has 2 N–H and O–H groups in total. The van der Waals surface area contributed by atoms with Crippen molar-refractivity contribution in [2.75, 3.05) is 13.2 Å². The Morgan fingerprint density at radius 1 is 1.42 bits per heavy atom. The predicted molar refractivity (Wildman–Crippen MR) is 92.5 cm³/mol. The molecule has 2 aromatic rings. The Balaban J connectivity index is 2.14. The second-order valence-corrected chi connectivity index (χ2v) is 6.39. The van der Waals surface area contributed by atoms with Gasteiger partial charge in [-0.05, 0) is 31.2 Å². The van der Waals surface area contributed by atoms with Crippen molar-refractivity contribution in [1.82, 2.24) is 4.57 Å². The van der Waals surface area contributed by atoms with E-state index in [0.29, 0.717) is 12.3 Å². The van der Waals surface area contributed by atoms with Gasteiger partial charge in [-0.2, -0.15) is 0 Å². The summed E-state index contributed by atoms with van der Waals surface area (Å²) in [4.78, 5) is 26.2. The fraction of sp³-hybridized carbons (Fsp3) is 0.294. The molecular weight excluding hydrogens is 330 g/mol. The van der Waals surface area contributed by atoms with Crippen molar-refractivity contribution in [3.8, 4) is 5.75 Å². The molecule has 0 saturated carbocycles. The molecule has 0 unspecified atom stereocenters. The molecular formula is C17H19NO5S. The van der Waals surface area contributed by atoms with Gasteiger partial charge >= 0.3 is 0 Å². The second-order valence-electron chi connectivity index (χ2n) is 5.19. The Morgan fingerprint density at radius 3 is 2.88 bits per heavy atom. The number of ether oxygens (including phenoxy) is 1. The fourth-order valence-corrected chi connectivity index (χ4v) is 2.93. The summed E-state index contributed by atoms with van der Waals surface area (Å²) in [6.07, 6.45) is 2.87. The van der Waals surface area contributed by atoms with Gasteiger partial charge in [0.1, 0.15) is 11.3 Å². The zero-order chi connectivity index (χ0) is 17.7. The lowest BCUT2D eigenvalue weighted by Gasteiger charge is -2.07. The van der Waals surface area contributed by atoms with Crippen LogP contribution in [0.1, 0.15) is 25.8 Å². The third kappa shape index (κ3) is 4.19. The highest BCUT2D eigenvalue weighted by Gasteiger charge is 2.16. The van der Waals surface area contributed by atoms with Crippen LogP contribution in [0.4, 0.5) is 0 Å². The number of aromatic nitrogens is 1. The minimum Gasteiger partial charge on any atom is -0.507 e. The summed E-state index contributed by atoms with van der Waals surface area (Å²) in [7, 11) is 1.55. The van der Waals surface area contributed by atoms with E-state index in [1.807, 2.05) is 12.1 Å². The van der Waals surface area contributed by atoms with Crippen LogP contribution in [-0.4, -0.2) is 33.8 Å². The maximum absolute atomic E-state index is 12.2. The number of carbonyl (C=O) groups is 1. The van der Waals surface area contributed by atoms with E-state index < -0.39 is 11.3 Å². The molecule has 0 spiro atoms. The van der Waals surface area contributed by atoms with Crippen molar-refractivity contribution in [3.05, 3.63) is 55.6 Å². The highest BCUT2D eigenvalue weighted by molar-refractivity contribution is 7.12. The lowest BCUT2D eigenvalue weighted by atomic mass is 10.1. The van der Waals surface area contributed by atoms with Crippen LogP contribution in [-0.2, 0) is 18.4 Å². The number of ketones is 1. The first-order chi connectivity index (χ1) is 11.4. The van der Waals surface area contributed by atoms with Crippen molar-refractivity contribution >= 4 is 23.2 Å². The Bertz CT molecular complexity index is 819. The first-order valence-electron chi connectivity index (χ1n) is 7.33. The van der Waals surface area contributed by atoms with Crippen molar-refractivity contribution < 1.29 is 19.7 Å². The quantitative estimate of drug-likeness (QED) is 0.452. The van der Waals surface area contributed by atoms with Crippen LogP contribution in [0, 0.1) is 6.92 Å². The standard InChI is InChI=1S/C17H19NO5S/c1-11-9-15(21)16(17(22)18(11)2)14(20)6-5-12-3-4-13(24-12)10-23-8-7-19/h3-6,9,19,21H,7-8,10H2,1-2H3/b6-5+. The van der Waals surface area contributed by atoms with E-state index in [9.17, 15) is 14.7 Å². The van der Waals surface area contributed by atoms with Gasteiger partial charge in [-0.25, -0.2) is 0 Å². The molecule has 0 fully saturated rings. The van der Waals surface area contributed by atoms with Crippen LogP contribution in [0.15, 0.2) is 29.1 Å². The highest BCUT2D eigenvalue weighted by Crippen LogP contribution is 2.20. The molecule has 0 radical (unpaired) electrons. The van der Waals surface area contributed by atoms with Crippen molar-refractivity contribution in [1.29, 1.82) is 0 Å². The first kappa shape index (κ1) is 18.1. The van der Waals surface area contributed by atoms with Crippen LogP contribution in [0.5, 0.6) is 5.75 Å². The minimum absolute atomic E-state index is 0.0262. The largest absolute Gasteiger partial charge is 0.507 e. The molecule has 128 valence electrons. The predicted octanol–water partition coefficient (Wildman–Crippen LogP) is 1.87. The van der Waals surface area contributed by atoms with Crippen LogP contribution in [0.3, 0.4) is 0 Å². The van der Waals surface area contributed by atoms with Gasteiger partial charge in [0.2, 0.25) is 0 Å². The zero-order valence-electron chi connectivity index (χ0n) is 13.5. The monoisotopic (exact) mass is 349 g/mol. The smallest absolute Gasteiger partial charge is 0.265 e. The van der Waals surface area contributed by atoms with Gasteiger partial charge in [0.15, 0.2) is 5.78 Å². The molecule has 7 heteroatoms. The summed E-state index contributed by atoms with van der Waals surface area (Å²) in [5.74, 6) is -0.853. The number of hydrogen-bond acceptors (Lipinski definition) is 6.